The van der Waals surface area contributed by atoms with E-state index in [-0.39, 0.29) is 23.2 Å². The molecule has 1 saturated carbocycles. The summed E-state index contributed by atoms with van der Waals surface area (Å²) in [6.07, 6.45) is 0.0376. The Morgan fingerprint density at radius 2 is 1.97 bits per heavy atom. The van der Waals surface area contributed by atoms with Gasteiger partial charge in [0.1, 0.15) is 23.8 Å². The zero-order valence-electron chi connectivity index (χ0n) is 18.0. The number of aliphatic hydroxyl groups is 4. The first-order valence-electron chi connectivity index (χ1n) is 10.8. The fourth-order valence-corrected chi connectivity index (χ4v) is 4.30. The van der Waals surface area contributed by atoms with Crippen LogP contribution in [0.4, 0.5) is 22.9 Å². The molecule has 1 fully saturated rings. The van der Waals surface area contributed by atoms with Gasteiger partial charge < -0.3 is 35.6 Å². The number of hydrogen-bond acceptors (Lipinski definition) is 9. The molecule has 0 saturated heterocycles. The van der Waals surface area contributed by atoms with Crippen molar-refractivity contribution in [3.05, 3.63) is 38.9 Å². The average molecular weight is 444 g/mol. The number of H-pyrrole nitrogens is 1. The van der Waals surface area contributed by atoms with Crippen LogP contribution in [-0.4, -0.2) is 67.9 Å². The Bertz CT molecular complexity index is 1160. The Balaban J connectivity index is 1.80. The van der Waals surface area contributed by atoms with Gasteiger partial charge in [-0.1, -0.05) is 19.4 Å². The van der Waals surface area contributed by atoms with Gasteiger partial charge in [-0.25, -0.2) is 9.98 Å². The maximum absolute atomic E-state index is 12.5. The molecule has 10 nitrogen and oxygen atoms in total. The lowest BCUT2D eigenvalue weighted by molar-refractivity contribution is -0.0726. The lowest BCUT2D eigenvalue weighted by atomic mass is 10.0. The molecule has 1 aliphatic heterocycles. The van der Waals surface area contributed by atoms with Crippen LogP contribution in [0, 0.1) is 6.92 Å². The first-order chi connectivity index (χ1) is 15.3. The van der Waals surface area contributed by atoms with Crippen molar-refractivity contribution in [1.29, 1.82) is 0 Å². The van der Waals surface area contributed by atoms with Crippen LogP contribution in [0.5, 0.6) is 0 Å². The van der Waals surface area contributed by atoms with Crippen LogP contribution in [-0.2, 0) is 0 Å². The van der Waals surface area contributed by atoms with E-state index in [0.717, 1.165) is 24.1 Å². The maximum atomic E-state index is 12.5. The fraction of sp³-hybridized carbons (Fsp3) is 0.500. The van der Waals surface area contributed by atoms with Crippen LogP contribution >= 0.6 is 0 Å². The highest BCUT2D eigenvalue weighted by Crippen LogP contribution is 2.39. The van der Waals surface area contributed by atoms with Crippen molar-refractivity contribution in [2.45, 2.75) is 57.0 Å². The van der Waals surface area contributed by atoms with Crippen LogP contribution in [0.15, 0.2) is 21.9 Å². The van der Waals surface area contributed by atoms with Crippen LogP contribution in [0.1, 0.15) is 31.2 Å². The normalized spacial score (nSPS) is 18.5. The molecule has 3 atom stereocenters. The van der Waals surface area contributed by atoms with E-state index in [1.165, 1.54) is 12.8 Å². The Morgan fingerprint density at radius 3 is 2.66 bits per heavy atom. The van der Waals surface area contributed by atoms with Gasteiger partial charge in [0.15, 0.2) is 11.2 Å². The number of aliphatic hydroxyl groups excluding tert-OH is 4. The zero-order chi connectivity index (χ0) is 23.0. The van der Waals surface area contributed by atoms with Gasteiger partial charge in [-0.15, -0.1) is 0 Å². The first kappa shape index (κ1) is 22.4. The molecule has 10 heteroatoms. The summed E-state index contributed by atoms with van der Waals surface area (Å²) in [5, 5.41) is 43.3. The fourth-order valence-electron chi connectivity index (χ4n) is 4.30. The Hall–Kier alpha value is -2.79. The van der Waals surface area contributed by atoms with Crippen LogP contribution < -0.4 is 26.6 Å². The van der Waals surface area contributed by atoms with Crippen LogP contribution in [0.2, 0.25) is 0 Å². The van der Waals surface area contributed by atoms with Crippen LogP contribution in [0.3, 0.4) is 0 Å². The third-order valence-electron chi connectivity index (χ3n) is 6.09. The van der Waals surface area contributed by atoms with Gasteiger partial charge in [0.25, 0.3) is 5.56 Å². The molecule has 2 heterocycles. The van der Waals surface area contributed by atoms with E-state index in [0.29, 0.717) is 17.4 Å². The number of benzene rings is 1. The molecule has 0 radical (unpaired) electrons. The van der Waals surface area contributed by atoms with E-state index in [9.17, 15) is 20.1 Å². The van der Waals surface area contributed by atoms with Crippen molar-refractivity contribution >= 4 is 29.5 Å². The van der Waals surface area contributed by atoms with Gasteiger partial charge in [0, 0.05) is 11.7 Å². The van der Waals surface area contributed by atoms with Gasteiger partial charge in [0.2, 0.25) is 0 Å². The molecule has 2 aromatic rings. The van der Waals surface area contributed by atoms with Crippen molar-refractivity contribution in [2.75, 3.05) is 23.4 Å². The number of aryl methyl sites for hydroxylation is 1. The van der Waals surface area contributed by atoms with Gasteiger partial charge in [-0.05, 0) is 37.5 Å². The number of nitrogens with one attached hydrogen (secondary N) is 2. The van der Waals surface area contributed by atoms with E-state index in [2.05, 4.69) is 26.9 Å². The van der Waals surface area contributed by atoms with Gasteiger partial charge >= 0.3 is 0 Å². The molecular weight excluding hydrogens is 414 g/mol. The summed E-state index contributed by atoms with van der Waals surface area (Å²) in [4.78, 5) is 25.5. The van der Waals surface area contributed by atoms with Gasteiger partial charge in [0.05, 0.1) is 24.5 Å². The van der Waals surface area contributed by atoms with E-state index in [1.54, 1.807) is 4.90 Å². The number of aromatic amines is 1. The number of nitrogens with zero attached hydrogens (tertiary/aromatic N) is 3. The summed E-state index contributed by atoms with van der Waals surface area (Å²) >= 11 is 0. The highest BCUT2D eigenvalue weighted by molar-refractivity contribution is 5.80. The van der Waals surface area contributed by atoms with E-state index in [1.807, 2.05) is 19.1 Å². The van der Waals surface area contributed by atoms with E-state index >= 15 is 0 Å². The molecule has 4 rings (SSSR count). The standard InChI is InChI=1S/C22H29N5O5/c1-11-7-15-16(8-14(11)25-13-5-3-4-6-13)27(9-17(29)20(31)18(30)10-28)21-19(26-15)22(32)24-12(2)23-21/h7-8,13,17-18,20,25,28-31H,2-6,9-10H2,1H3,(H,24,32)/t17-,18+,20-/m0/s1. The molecule has 0 amide bonds. The molecular formula is C22H29N5O5. The SMILES string of the molecule is C=c1nc2c(c(=O)[nH]1)=Nc1cc(C)c(NC3CCCC3)cc1N2C[C@H](O)[C@H](O)[C@H](O)CO. The Kier molecular flexibility index (Phi) is 6.29. The topological polar surface area (TPSA) is 154 Å². The molecule has 1 aromatic heterocycles. The Morgan fingerprint density at radius 1 is 1.25 bits per heavy atom. The number of hydrogen-bond donors (Lipinski definition) is 6. The second-order valence-corrected chi connectivity index (χ2v) is 8.50. The number of rotatable bonds is 7. The first-order valence-corrected chi connectivity index (χ1v) is 10.8. The molecule has 0 spiro atoms. The van der Waals surface area contributed by atoms with Gasteiger partial charge in [-0.3, -0.25) is 4.79 Å². The van der Waals surface area contributed by atoms with Crippen molar-refractivity contribution in [2.24, 2.45) is 4.99 Å². The lowest BCUT2D eigenvalue weighted by Crippen LogP contribution is -2.48. The summed E-state index contributed by atoms with van der Waals surface area (Å²) in [5.41, 5.74) is 2.69. The summed E-state index contributed by atoms with van der Waals surface area (Å²) in [6.45, 7) is 4.78. The zero-order valence-corrected chi connectivity index (χ0v) is 18.0. The minimum absolute atomic E-state index is 0.0743. The molecule has 0 bridgehead atoms. The number of β-amino-alcohol motifs (C(OH)–C–C–N with tert-alkyl or cyclic N) is 1. The maximum Gasteiger partial charge on any atom is 0.279 e. The van der Waals surface area contributed by atoms with E-state index in [4.69, 9.17) is 5.11 Å². The number of anilines is 3. The predicted octanol–water partition coefficient (Wildman–Crippen LogP) is -0.679. The summed E-state index contributed by atoms with van der Waals surface area (Å²) in [7, 11) is 0. The molecule has 172 valence electrons. The predicted molar refractivity (Wildman–Crippen MR) is 120 cm³/mol. The summed E-state index contributed by atoms with van der Waals surface area (Å²) < 4.78 is 0. The third-order valence-corrected chi connectivity index (χ3v) is 6.09. The van der Waals surface area contributed by atoms with Gasteiger partial charge in [-0.2, -0.15) is 0 Å². The number of aromatic nitrogens is 2. The smallest absolute Gasteiger partial charge is 0.279 e. The molecule has 0 unspecified atom stereocenters. The highest BCUT2D eigenvalue weighted by atomic mass is 16.4. The molecule has 32 heavy (non-hydrogen) atoms. The largest absolute Gasteiger partial charge is 0.394 e. The number of fused-ring (bicyclic) bond motifs is 2. The molecule has 1 aromatic carbocycles. The van der Waals surface area contributed by atoms with E-state index < -0.39 is 30.5 Å². The lowest BCUT2D eigenvalue weighted by Gasteiger charge is -2.32. The minimum atomic E-state index is -1.59. The summed E-state index contributed by atoms with van der Waals surface area (Å²) in [6, 6.07) is 4.15. The molecule has 1 aliphatic carbocycles. The summed E-state index contributed by atoms with van der Waals surface area (Å²) in [5.74, 6) is 0.201. The molecule has 6 N–H and O–H groups in total. The van der Waals surface area contributed by atoms with Crippen LogP contribution in [0.25, 0.3) is 6.58 Å². The van der Waals surface area contributed by atoms with Crippen molar-refractivity contribution in [1.82, 2.24) is 9.97 Å². The van der Waals surface area contributed by atoms with Crippen molar-refractivity contribution in [3.63, 3.8) is 0 Å². The minimum Gasteiger partial charge on any atom is -0.394 e. The molecule has 2 aliphatic rings. The van der Waals surface area contributed by atoms with Crippen molar-refractivity contribution in [3.8, 4) is 0 Å². The van der Waals surface area contributed by atoms with Crippen molar-refractivity contribution < 1.29 is 20.4 Å². The quantitative estimate of drug-likeness (QED) is 0.329. The second-order valence-electron chi connectivity index (χ2n) is 8.50. The third kappa shape index (κ3) is 4.26. The Labute approximate surface area is 184 Å². The highest BCUT2D eigenvalue weighted by Gasteiger charge is 2.31. The average Bonchev–Trinajstić information content (AvgIpc) is 3.27. The second kappa shape index (κ2) is 8.99. The monoisotopic (exact) mass is 443 g/mol.